The Labute approximate surface area is 634 Å². The van der Waals surface area contributed by atoms with E-state index in [1.54, 1.807) is 60.9 Å². The Hall–Kier alpha value is -10.5. The summed E-state index contributed by atoms with van der Waals surface area (Å²) in [5, 5.41) is 23.8. The van der Waals surface area contributed by atoms with Crippen molar-refractivity contribution >= 4 is 124 Å². The molecule has 0 saturated carbocycles. The molecule has 33 heteroatoms. The molecule has 2 atom stereocenters. The first-order valence-electron chi connectivity index (χ1n) is 32.4. The normalized spacial score (nSPS) is 12.8. The number of rotatable bonds is 15. The van der Waals surface area contributed by atoms with E-state index in [1.807, 2.05) is 109 Å². The molecular formula is C74H75BrF6N14O8S4. The average molecular weight is 1610 g/mol. The molecule has 2 unspecified atom stereocenters. The average Bonchev–Trinajstić information content (AvgIpc) is 1.59. The van der Waals surface area contributed by atoms with Gasteiger partial charge in [-0.3, -0.25) is 14.5 Å². The van der Waals surface area contributed by atoms with Crippen molar-refractivity contribution < 1.29 is 60.0 Å². The molecule has 11 aromatic rings. The molecule has 107 heavy (non-hydrogen) atoms. The van der Waals surface area contributed by atoms with Crippen molar-refractivity contribution in [2.45, 2.75) is 115 Å². The quantitative estimate of drug-likeness (QED) is 0.0411. The van der Waals surface area contributed by atoms with Crippen molar-refractivity contribution in [3.8, 4) is 34.3 Å². The third-order valence-corrected chi connectivity index (χ3v) is 18.1. The van der Waals surface area contributed by atoms with Crippen LogP contribution in [0.15, 0.2) is 172 Å². The second kappa shape index (κ2) is 34.8. The van der Waals surface area contributed by atoms with Gasteiger partial charge in [-0.25, -0.2) is 15.0 Å². The standard InChI is InChI=1S/C37H36F3N7O2S.C29H31BrN6O2S.C8H8F3N.2O2S/c1-21-9-17-29(28(18-21)37(38,39)40)42-32-33(36(5,6)7)44-47-35(32)43-34(45-47)25-12-15-26(16-13-25)46-50(48)49-31-20-27(14-11-24(31)4)41-30-19-22(2)8-10-23(30)3;1-17-7-8-18(2)23(15-17)31-22-12-9-19(3)24(16-22)38-39(37)35-21-13-10-20(11-14-21)27-32-28-25(30)26(29(4,5)6)33-36(28)34-27;1-5-2-3-7(12)6(4-5)8(9,10)11;2*1-3-2/h8-20,41,46H,1-7H3;7-16,31,33,35H,1-6H3;2-4H,12H2,1H3;;. The first-order chi connectivity index (χ1) is 50.3. The summed E-state index contributed by atoms with van der Waals surface area (Å²) >= 11 is -1.55. The van der Waals surface area contributed by atoms with Crippen LogP contribution in [0.25, 0.3) is 28.4 Å². The van der Waals surface area contributed by atoms with Crippen LogP contribution in [0.5, 0.6) is 11.5 Å². The molecule has 0 bridgehead atoms. The first kappa shape index (κ1) is 82.2. The Kier molecular flexibility index (Phi) is 26.8. The molecule has 562 valence electrons. The maximum atomic E-state index is 13.9. The van der Waals surface area contributed by atoms with Gasteiger partial charge in [-0.15, -0.1) is 15.0 Å². The number of aromatic nitrogens is 7. The molecule has 0 fully saturated rings. The fraction of sp³-hybridized carbons (Fsp3) is 0.243. The second-order valence-electron chi connectivity index (χ2n) is 26.6. The molecule has 0 radical (unpaired) electrons. The summed E-state index contributed by atoms with van der Waals surface area (Å²) in [6, 6.07) is 46.0. The summed E-state index contributed by atoms with van der Waals surface area (Å²) in [5.74, 6) is 2.12. The summed E-state index contributed by atoms with van der Waals surface area (Å²) < 4.78 is 157. The van der Waals surface area contributed by atoms with Gasteiger partial charge in [0.05, 0.1) is 32.7 Å². The lowest BCUT2D eigenvalue weighted by Gasteiger charge is -2.18. The highest BCUT2D eigenvalue weighted by atomic mass is 79.9. The van der Waals surface area contributed by atoms with Gasteiger partial charge in [-0.2, -0.15) is 61.3 Å². The fourth-order valence-corrected chi connectivity index (χ4v) is 12.7. The number of aryl methyl sites for hydroxylation is 8. The van der Waals surface area contributed by atoms with Gasteiger partial charge in [-0.05, 0) is 202 Å². The number of anilines is 7. The van der Waals surface area contributed by atoms with Crippen molar-refractivity contribution in [2.75, 3.05) is 25.8 Å². The van der Waals surface area contributed by atoms with Crippen molar-refractivity contribution in [1.82, 2.24) is 34.7 Å². The van der Waals surface area contributed by atoms with Crippen LogP contribution < -0.4 is 34.2 Å². The van der Waals surface area contributed by atoms with Crippen LogP contribution in [0.2, 0.25) is 0 Å². The molecule has 1 aliphatic rings. The van der Waals surface area contributed by atoms with Gasteiger partial charge in [-0.1, -0.05) is 101 Å². The number of nitrogen functional groups attached to an aromatic ring is 1. The smallest absolute Gasteiger partial charge is 0.398 e. The number of nitrogens with zero attached hydrogens (tertiary/aromatic N) is 8. The highest BCUT2D eigenvalue weighted by molar-refractivity contribution is 9.10. The van der Waals surface area contributed by atoms with E-state index in [1.165, 1.54) is 22.5 Å². The molecule has 0 amide bonds. The Morgan fingerprint density at radius 3 is 1.36 bits per heavy atom. The van der Waals surface area contributed by atoms with Crippen LogP contribution in [0.4, 0.5) is 71.8 Å². The molecular weight excluding hydrogens is 1540 g/mol. The van der Waals surface area contributed by atoms with E-state index in [2.05, 4.69) is 136 Å². The molecule has 0 spiro atoms. The van der Waals surface area contributed by atoms with Gasteiger partial charge < -0.3 is 24.7 Å². The van der Waals surface area contributed by atoms with Gasteiger partial charge in [0, 0.05) is 73.9 Å². The number of halogens is 7. The highest BCUT2D eigenvalue weighted by Gasteiger charge is 2.38. The number of benzene rings is 8. The Bertz CT molecular complexity index is 5240. The van der Waals surface area contributed by atoms with E-state index in [-0.39, 0.29) is 28.3 Å². The van der Waals surface area contributed by atoms with Crippen molar-refractivity contribution in [3.05, 3.63) is 229 Å². The van der Waals surface area contributed by atoms with E-state index in [9.17, 15) is 34.8 Å². The molecule has 0 aliphatic carbocycles. The number of alkyl halides is 6. The van der Waals surface area contributed by atoms with E-state index in [0.29, 0.717) is 56.9 Å². The van der Waals surface area contributed by atoms with Gasteiger partial charge in [0.1, 0.15) is 17.2 Å². The Morgan fingerprint density at radius 1 is 0.514 bits per heavy atom. The molecule has 4 heterocycles. The summed E-state index contributed by atoms with van der Waals surface area (Å²) in [6.45, 7) is 27.2. The van der Waals surface area contributed by atoms with E-state index >= 15 is 0 Å². The number of fused-ring (bicyclic) bond motifs is 2. The molecule has 0 saturated heterocycles. The van der Waals surface area contributed by atoms with Crippen molar-refractivity contribution in [1.29, 1.82) is 0 Å². The lowest BCUT2D eigenvalue weighted by atomic mass is 9.87. The third kappa shape index (κ3) is 21.9. The number of aliphatic imine (C=N–C) groups is 1. The molecule has 12 rings (SSSR count). The topological polar surface area (TPSA) is 296 Å². The zero-order valence-corrected chi connectivity index (χ0v) is 65.1. The minimum atomic E-state index is -4.59. The van der Waals surface area contributed by atoms with Gasteiger partial charge in [0.25, 0.3) is 0 Å². The molecule has 7 N–H and O–H groups in total. The first-order valence-corrected chi connectivity index (χ1v) is 36.6. The van der Waals surface area contributed by atoms with Crippen molar-refractivity contribution in [2.24, 2.45) is 15.5 Å². The molecule has 1 aliphatic heterocycles. The SMILES string of the molecule is Cc1ccc(C)c(Nc2ccc(C)c(OS(=O)Nc3ccc(-c4nc5c(Br)c(C(C)(C)C)[nH]n5n4)cc3)c2)c1.Cc1ccc(C)c(Nc2ccc(C)c(OS(=O)Nc3ccc(-c4nc5n(n4)N=C(C(C)(C)C)C5=Nc4ccc(C)cc4C(F)(F)F)cc3)c2)c1.Cc1ccc(N)c(C(F)(F)F)c1.O=S=O.O=S=O. The highest BCUT2D eigenvalue weighted by Crippen LogP contribution is 2.40. The van der Waals surface area contributed by atoms with E-state index in [0.717, 1.165) is 84.1 Å². The lowest BCUT2D eigenvalue weighted by Crippen LogP contribution is -2.27. The number of hydrogen-bond donors (Lipinski definition) is 6. The van der Waals surface area contributed by atoms with Crippen molar-refractivity contribution in [3.63, 3.8) is 0 Å². The lowest BCUT2D eigenvalue weighted by molar-refractivity contribution is -0.137. The molecule has 8 aromatic carbocycles. The predicted molar refractivity (Wildman–Crippen MR) is 413 cm³/mol. The Balaban J connectivity index is 0.000000223. The number of aromatic amines is 1. The van der Waals surface area contributed by atoms with Crippen LogP contribution in [0.1, 0.15) is 109 Å². The van der Waals surface area contributed by atoms with Crippen LogP contribution in [0.3, 0.4) is 0 Å². The largest absolute Gasteiger partial charge is 0.418 e. The predicted octanol–water partition coefficient (Wildman–Crippen LogP) is 18.2. The number of nitrogens with two attached hydrogens (primary N) is 1. The number of nitrogens with one attached hydrogen (secondary N) is 5. The fourth-order valence-electron chi connectivity index (χ4n) is 10.3. The molecule has 3 aromatic heterocycles. The second-order valence-corrected chi connectivity index (χ2v) is 29.4. The van der Waals surface area contributed by atoms with Crippen LogP contribution in [0, 0.1) is 60.8 Å². The molecule has 22 nitrogen and oxygen atoms in total. The van der Waals surface area contributed by atoms with Gasteiger partial charge >= 0.3 is 58.0 Å². The minimum absolute atomic E-state index is 0.0666. The number of hydrogen-bond acceptors (Lipinski definition) is 17. The maximum Gasteiger partial charge on any atom is 0.418 e. The zero-order valence-electron chi connectivity index (χ0n) is 60.2. The zero-order chi connectivity index (χ0) is 78.6. The monoisotopic (exact) mass is 1610 g/mol. The van der Waals surface area contributed by atoms with Crippen LogP contribution >= 0.6 is 15.9 Å². The third-order valence-electron chi connectivity index (χ3n) is 15.9. The Morgan fingerprint density at radius 2 is 0.925 bits per heavy atom. The van der Waals surface area contributed by atoms with E-state index in [4.69, 9.17) is 30.9 Å². The number of H-pyrrole nitrogens is 1. The summed E-state index contributed by atoms with van der Waals surface area (Å²) in [4.78, 5) is 15.1. The van der Waals surface area contributed by atoms with Crippen LogP contribution in [-0.2, 0) is 63.4 Å². The van der Waals surface area contributed by atoms with Gasteiger partial charge in [0.15, 0.2) is 17.3 Å². The van der Waals surface area contributed by atoms with E-state index < -0.39 is 74.6 Å². The minimum Gasteiger partial charge on any atom is -0.398 e. The van der Waals surface area contributed by atoms with Crippen LogP contribution in [-0.4, -0.2) is 71.4 Å². The summed E-state index contributed by atoms with van der Waals surface area (Å²) in [7, 11) is 0. The van der Waals surface area contributed by atoms with Gasteiger partial charge in [0.2, 0.25) is 5.82 Å². The summed E-state index contributed by atoms with van der Waals surface area (Å²) in [6.07, 6.45) is -8.94. The summed E-state index contributed by atoms with van der Waals surface area (Å²) in [5.41, 5.74) is 18.5. The maximum absolute atomic E-state index is 13.9.